The summed E-state index contributed by atoms with van der Waals surface area (Å²) in [6.07, 6.45) is 0.856. The van der Waals surface area contributed by atoms with E-state index in [1.165, 1.54) is 0 Å². The molecule has 11 heavy (non-hydrogen) atoms. The summed E-state index contributed by atoms with van der Waals surface area (Å²) in [6, 6.07) is 0. The summed E-state index contributed by atoms with van der Waals surface area (Å²) in [5.41, 5.74) is 0.0303. The molecule has 2 nitrogen and oxygen atoms in total. The van der Waals surface area contributed by atoms with Gasteiger partial charge >= 0.3 is 0 Å². The van der Waals surface area contributed by atoms with Crippen molar-refractivity contribution in [2.75, 3.05) is 19.7 Å². The van der Waals surface area contributed by atoms with Crippen molar-refractivity contribution in [3.63, 3.8) is 0 Å². The molecule has 0 saturated carbocycles. The Morgan fingerprint density at radius 3 is 2.55 bits per heavy atom. The Morgan fingerprint density at radius 1 is 1.45 bits per heavy atom. The van der Waals surface area contributed by atoms with Crippen molar-refractivity contribution in [1.29, 1.82) is 0 Å². The van der Waals surface area contributed by atoms with Crippen molar-refractivity contribution in [3.05, 3.63) is 0 Å². The smallest absolute Gasteiger partial charge is 0.123 e. The first-order valence-electron chi connectivity index (χ1n) is 3.80. The van der Waals surface area contributed by atoms with E-state index >= 15 is 0 Å². The van der Waals surface area contributed by atoms with Gasteiger partial charge in [-0.25, -0.2) is 4.39 Å². The highest BCUT2D eigenvalue weighted by molar-refractivity contribution is 5.85. The maximum Gasteiger partial charge on any atom is 0.123 e. The molecule has 0 aliphatic carbocycles. The second-order valence-corrected chi connectivity index (χ2v) is 3.23. The number of hydrogen-bond donors (Lipinski definition) is 1. The minimum absolute atomic E-state index is 0. The molecule has 0 aromatic rings. The Kier molecular flexibility index (Phi) is 2.73. The summed E-state index contributed by atoms with van der Waals surface area (Å²) in [7, 11) is 0. The van der Waals surface area contributed by atoms with Crippen LogP contribution in [0.2, 0.25) is 0 Å². The predicted molar refractivity (Wildman–Crippen MR) is 42.9 cm³/mol. The van der Waals surface area contributed by atoms with E-state index in [9.17, 15) is 4.39 Å². The predicted octanol–water partition coefficient (Wildman–Crippen LogP) is 0.899. The minimum Gasteiger partial charge on any atom is -0.369 e. The van der Waals surface area contributed by atoms with E-state index in [0.29, 0.717) is 13.0 Å². The van der Waals surface area contributed by atoms with Crippen LogP contribution in [0.25, 0.3) is 0 Å². The van der Waals surface area contributed by atoms with Crippen molar-refractivity contribution in [2.45, 2.75) is 24.6 Å². The fraction of sp³-hybridized carbons (Fsp3) is 1.00. The number of nitrogens with one attached hydrogen (secondary N) is 1. The first-order chi connectivity index (χ1) is 4.81. The van der Waals surface area contributed by atoms with Gasteiger partial charge in [0.15, 0.2) is 0 Å². The van der Waals surface area contributed by atoms with Crippen LogP contribution in [0.4, 0.5) is 4.39 Å². The number of hydrogen-bond acceptors (Lipinski definition) is 2. The molecule has 4 heteroatoms. The quantitative estimate of drug-likeness (QED) is 0.600. The molecule has 1 spiro atoms. The second-order valence-electron chi connectivity index (χ2n) is 3.23. The molecule has 2 rings (SSSR count). The van der Waals surface area contributed by atoms with E-state index in [1.54, 1.807) is 0 Å². The monoisotopic (exact) mass is 181 g/mol. The van der Waals surface area contributed by atoms with E-state index in [2.05, 4.69) is 5.32 Å². The topological polar surface area (TPSA) is 21.3 Å². The van der Waals surface area contributed by atoms with Crippen LogP contribution >= 0.6 is 12.4 Å². The number of alkyl halides is 1. The van der Waals surface area contributed by atoms with Crippen molar-refractivity contribution in [2.24, 2.45) is 0 Å². The molecule has 1 N–H and O–H groups in total. The zero-order valence-electron chi connectivity index (χ0n) is 6.31. The van der Waals surface area contributed by atoms with Crippen molar-refractivity contribution in [3.8, 4) is 0 Å². The summed E-state index contributed by atoms with van der Waals surface area (Å²) in [5, 5.41) is 3.14. The Bertz CT molecular complexity index is 130. The van der Waals surface area contributed by atoms with E-state index in [4.69, 9.17) is 4.74 Å². The van der Waals surface area contributed by atoms with Crippen LogP contribution < -0.4 is 5.32 Å². The largest absolute Gasteiger partial charge is 0.369 e. The van der Waals surface area contributed by atoms with Crippen LogP contribution in [0.15, 0.2) is 0 Å². The second kappa shape index (κ2) is 3.25. The molecular formula is C7H13ClFNO. The lowest BCUT2D eigenvalue weighted by Crippen LogP contribution is -2.63. The number of rotatable bonds is 0. The molecular weight excluding hydrogens is 169 g/mol. The Balaban J connectivity index is 0.000000605. The first-order valence-corrected chi connectivity index (χ1v) is 3.80. The Labute approximate surface area is 71.9 Å². The molecule has 0 aromatic carbocycles. The third-order valence-electron chi connectivity index (χ3n) is 2.38. The first kappa shape index (κ1) is 9.23. The fourth-order valence-corrected chi connectivity index (χ4v) is 1.53. The highest BCUT2D eigenvalue weighted by Gasteiger charge is 2.41. The third-order valence-corrected chi connectivity index (χ3v) is 2.38. The van der Waals surface area contributed by atoms with Gasteiger partial charge in [-0.15, -0.1) is 12.4 Å². The molecule has 0 aromatic heterocycles. The minimum atomic E-state index is -0.716. The zero-order valence-corrected chi connectivity index (χ0v) is 7.12. The van der Waals surface area contributed by atoms with Gasteiger partial charge in [-0.2, -0.15) is 0 Å². The average molecular weight is 182 g/mol. The lowest BCUT2D eigenvalue weighted by Gasteiger charge is -2.45. The van der Waals surface area contributed by atoms with E-state index in [1.807, 2.05) is 0 Å². The van der Waals surface area contributed by atoms with Crippen molar-refractivity contribution >= 4 is 12.4 Å². The molecule has 0 bridgehead atoms. The standard InChI is InChI=1S/C7H12FNO.ClH/c8-6-1-2-7(10-3-6)4-9-5-7;/h6,9H,1-5H2;1H/t6-;/m1./s1. The summed E-state index contributed by atoms with van der Waals surface area (Å²) in [6.45, 7) is 2.14. The molecule has 2 fully saturated rings. The van der Waals surface area contributed by atoms with Gasteiger partial charge < -0.3 is 10.1 Å². The Morgan fingerprint density at radius 2 is 2.18 bits per heavy atom. The summed E-state index contributed by atoms with van der Waals surface area (Å²) >= 11 is 0. The van der Waals surface area contributed by atoms with Crippen molar-refractivity contribution < 1.29 is 9.13 Å². The summed E-state index contributed by atoms with van der Waals surface area (Å²) < 4.78 is 17.9. The average Bonchev–Trinajstić information content (AvgIpc) is 1.86. The molecule has 2 aliphatic rings. The van der Waals surface area contributed by atoms with Crippen LogP contribution in [0, 0.1) is 0 Å². The molecule has 1 atom stereocenters. The normalized spacial score (nSPS) is 34.1. The maximum absolute atomic E-state index is 12.5. The zero-order chi connectivity index (χ0) is 7.03. The van der Waals surface area contributed by atoms with Crippen LogP contribution in [-0.2, 0) is 4.74 Å². The van der Waals surface area contributed by atoms with Crippen LogP contribution in [0.3, 0.4) is 0 Å². The molecule has 0 amide bonds. The van der Waals surface area contributed by atoms with Crippen LogP contribution in [-0.4, -0.2) is 31.5 Å². The maximum atomic E-state index is 12.5. The number of halogens is 2. The van der Waals surface area contributed by atoms with Crippen molar-refractivity contribution in [1.82, 2.24) is 5.32 Å². The van der Waals surface area contributed by atoms with E-state index in [-0.39, 0.29) is 18.0 Å². The van der Waals surface area contributed by atoms with Gasteiger partial charge in [0, 0.05) is 13.1 Å². The fourth-order valence-electron chi connectivity index (χ4n) is 1.53. The van der Waals surface area contributed by atoms with Gasteiger partial charge in [-0.1, -0.05) is 0 Å². The molecule has 0 radical (unpaired) electrons. The Hall–Kier alpha value is 0.140. The van der Waals surface area contributed by atoms with E-state index < -0.39 is 6.17 Å². The highest BCUT2D eigenvalue weighted by Crippen LogP contribution is 2.29. The highest BCUT2D eigenvalue weighted by atomic mass is 35.5. The van der Waals surface area contributed by atoms with Gasteiger partial charge in [0.05, 0.1) is 12.2 Å². The lowest BCUT2D eigenvalue weighted by molar-refractivity contribution is -0.132. The van der Waals surface area contributed by atoms with Gasteiger partial charge in [0.25, 0.3) is 0 Å². The van der Waals surface area contributed by atoms with Gasteiger partial charge in [-0.3, -0.25) is 0 Å². The van der Waals surface area contributed by atoms with Gasteiger partial charge in [-0.05, 0) is 12.8 Å². The van der Waals surface area contributed by atoms with Gasteiger partial charge in [0.2, 0.25) is 0 Å². The molecule has 2 saturated heterocycles. The molecule has 66 valence electrons. The SMILES string of the molecule is Cl.F[C@@H]1CCC2(CNC2)OC1. The number of ether oxygens (including phenoxy) is 1. The van der Waals surface area contributed by atoms with E-state index in [0.717, 1.165) is 19.5 Å². The molecule has 2 heterocycles. The van der Waals surface area contributed by atoms with Crippen LogP contribution in [0.1, 0.15) is 12.8 Å². The summed E-state index contributed by atoms with van der Waals surface area (Å²) in [5.74, 6) is 0. The lowest BCUT2D eigenvalue weighted by atomic mass is 9.88. The van der Waals surface area contributed by atoms with Crippen LogP contribution in [0.5, 0.6) is 0 Å². The third kappa shape index (κ3) is 1.66. The molecule has 2 aliphatic heterocycles. The van der Waals surface area contributed by atoms with Gasteiger partial charge in [0.1, 0.15) is 6.17 Å². The molecule has 0 unspecified atom stereocenters. The summed E-state index contributed by atoms with van der Waals surface area (Å²) in [4.78, 5) is 0.